The highest BCUT2D eigenvalue weighted by Gasteiger charge is 2.11. The van der Waals surface area contributed by atoms with Gasteiger partial charge in [0.15, 0.2) is 5.78 Å². The van der Waals surface area contributed by atoms with E-state index in [2.05, 4.69) is 0 Å². The number of benzene rings is 3. The van der Waals surface area contributed by atoms with E-state index in [1.807, 2.05) is 42.5 Å². The molecule has 4 rings (SSSR count). The van der Waals surface area contributed by atoms with E-state index in [1.165, 1.54) is 13.2 Å². The SMILES string of the molecule is CC(=O)COc1ccc2c(=O)c(Oc3ccc4ccccc4c3)coc2c1. The molecule has 0 aliphatic rings. The van der Waals surface area contributed by atoms with Gasteiger partial charge in [-0.2, -0.15) is 0 Å². The summed E-state index contributed by atoms with van der Waals surface area (Å²) >= 11 is 0. The molecule has 0 unspecified atom stereocenters. The van der Waals surface area contributed by atoms with Crippen molar-refractivity contribution in [3.63, 3.8) is 0 Å². The second-order valence-electron chi connectivity index (χ2n) is 6.19. The van der Waals surface area contributed by atoms with E-state index in [4.69, 9.17) is 13.9 Å². The fraction of sp³-hybridized carbons (Fsp3) is 0.0909. The lowest BCUT2D eigenvalue weighted by atomic mass is 10.1. The van der Waals surface area contributed by atoms with E-state index in [0.29, 0.717) is 22.5 Å². The van der Waals surface area contributed by atoms with Crippen molar-refractivity contribution < 1.29 is 18.7 Å². The zero-order valence-corrected chi connectivity index (χ0v) is 14.6. The normalized spacial score (nSPS) is 10.9. The van der Waals surface area contributed by atoms with Crippen LogP contribution in [0.4, 0.5) is 0 Å². The van der Waals surface area contributed by atoms with Crippen LogP contribution in [0.5, 0.6) is 17.2 Å². The van der Waals surface area contributed by atoms with Gasteiger partial charge in [0.05, 0.1) is 5.39 Å². The highest BCUT2D eigenvalue weighted by Crippen LogP contribution is 2.26. The highest BCUT2D eigenvalue weighted by molar-refractivity contribution is 5.84. The molecule has 1 heterocycles. The van der Waals surface area contributed by atoms with Crippen LogP contribution in [0, 0.1) is 0 Å². The van der Waals surface area contributed by atoms with Gasteiger partial charge in [-0.15, -0.1) is 0 Å². The standard InChI is InChI=1S/C22H16O5/c1-14(23)12-25-17-8-9-19-20(11-17)26-13-21(22(19)24)27-18-7-6-15-4-2-3-5-16(15)10-18/h2-11,13H,12H2,1H3. The van der Waals surface area contributed by atoms with Crippen LogP contribution in [0.15, 0.2) is 76.1 Å². The minimum absolute atomic E-state index is 0.0289. The summed E-state index contributed by atoms with van der Waals surface area (Å²) in [5.41, 5.74) is 0.0921. The third kappa shape index (κ3) is 3.53. The number of carbonyl (C=O) groups excluding carboxylic acids is 1. The summed E-state index contributed by atoms with van der Waals surface area (Å²) in [5.74, 6) is 1.04. The molecule has 1 aromatic heterocycles. The van der Waals surface area contributed by atoms with Gasteiger partial charge < -0.3 is 13.9 Å². The molecule has 0 saturated heterocycles. The lowest BCUT2D eigenvalue weighted by Gasteiger charge is -2.08. The van der Waals surface area contributed by atoms with E-state index >= 15 is 0 Å². The Morgan fingerprint density at radius 2 is 1.74 bits per heavy atom. The molecule has 0 atom stereocenters. The number of hydrogen-bond donors (Lipinski definition) is 0. The van der Waals surface area contributed by atoms with Crippen molar-refractivity contribution in [2.45, 2.75) is 6.92 Å². The van der Waals surface area contributed by atoms with Crippen LogP contribution in [0.1, 0.15) is 6.92 Å². The van der Waals surface area contributed by atoms with Gasteiger partial charge in [0.25, 0.3) is 0 Å². The van der Waals surface area contributed by atoms with E-state index in [1.54, 1.807) is 18.2 Å². The second kappa shape index (κ2) is 6.96. The fourth-order valence-electron chi connectivity index (χ4n) is 2.79. The average molecular weight is 360 g/mol. The molecular formula is C22H16O5. The van der Waals surface area contributed by atoms with Crippen molar-refractivity contribution >= 4 is 27.5 Å². The van der Waals surface area contributed by atoms with E-state index in [9.17, 15) is 9.59 Å². The van der Waals surface area contributed by atoms with Crippen molar-refractivity contribution in [1.82, 2.24) is 0 Å². The molecule has 0 amide bonds. The first-order valence-corrected chi connectivity index (χ1v) is 8.44. The molecule has 0 fully saturated rings. The van der Waals surface area contributed by atoms with Gasteiger partial charge >= 0.3 is 0 Å². The number of ether oxygens (including phenoxy) is 2. The maximum atomic E-state index is 12.7. The summed E-state index contributed by atoms with van der Waals surface area (Å²) in [6.45, 7) is 1.41. The van der Waals surface area contributed by atoms with Crippen LogP contribution >= 0.6 is 0 Å². The van der Waals surface area contributed by atoms with Gasteiger partial charge in [-0.25, -0.2) is 0 Å². The van der Waals surface area contributed by atoms with Crippen LogP contribution in [0.2, 0.25) is 0 Å². The van der Waals surface area contributed by atoms with Crippen molar-refractivity contribution in [1.29, 1.82) is 0 Å². The minimum Gasteiger partial charge on any atom is -0.486 e. The Hall–Kier alpha value is -3.60. The van der Waals surface area contributed by atoms with Crippen molar-refractivity contribution in [2.75, 3.05) is 6.61 Å². The molecule has 0 saturated carbocycles. The third-order valence-corrected chi connectivity index (χ3v) is 4.11. The summed E-state index contributed by atoms with van der Waals surface area (Å²) < 4.78 is 16.6. The number of rotatable bonds is 5. The van der Waals surface area contributed by atoms with Crippen LogP contribution in [-0.2, 0) is 4.79 Å². The molecule has 5 nitrogen and oxygen atoms in total. The molecular weight excluding hydrogens is 344 g/mol. The van der Waals surface area contributed by atoms with Crippen LogP contribution in [-0.4, -0.2) is 12.4 Å². The maximum Gasteiger partial charge on any atom is 0.235 e. The first kappa shape index (κ1) is 16.8. The number of hydrogen-bond acceptors (Lipinski definition) is 5. The number of ketones is 1. The Bertz CT molecular complexity index is 1210. The van der Waals surface area contributed by atoms with Gasteiger partial charge in [0.1, 0.15) is 30.0 Å². The van der Waals surface area contributed by atoms with Crippen molar-refractivity contribution in [2.24, 2.45) is 0 Å². The molecule has 27 heavy (non-hydrogen) atoms. The first-order valence-electron chi connectivity index (χ1n) is 8.44. The largest absolute Gasteiger partial charge is 0.486 e. The maximum absolute atomic E-state index is 12.7. The predicted molar refractivity (Wildman–Crippen MR) is 103 cm³/mol. The van der Waals surface area contributed by atoms with Crippen molar-refractivity contribution in [3.8, 4) is 17.2 Å². The zero-order valence-electron chi connectivity index (χ0n) is 14.6. The molecule has 3 aromatic carbocycles. The van der Waals surface area contributed by atoms with Gasteiger partial charge in [0.2, 0.25) is 11.2 Å². The number of Topliss-reactive ketones (excluding diaryl/α,β-unsaturated/α-hetero) is 1. The lowest BCUT2D eigenvalue weighted by molar-refractivity contribution is -0.118. The highest BCUT2D eigenvalue weighted by atomic mass is 16.5. The van der Waals surface area contributed by atoms with Gasteiger partial charge in [-0.1, -0.05) is 30.3 Å². The Morgan fingerprint density at radius 1 is 0.963 bits per heavy atom. The molecule has 134 valence electrons. The molecule has 0 spiro atoms. The van der Waals surface area contributed by atoms with Gasteiger partial charge in [0, 0.05) is 6.07 Å². The topological polar surface area (TPSA) is 65.7 Å². The molecule has 0 radical (unpaired) electrons. The van der Waals surface area contributed by atoms with Gasteiger partial charge in [-0.05, 0) is 42.0 Å². The third-order valence-electron chi connectivity index (χ3n) is 4.11. The summed E-state index contributed by atoms with van der Waals surface area (Å²) in [4.78, 5) is 23.7. The summed E-state index contributed by atoms with van der Waals surface area (Å²) in [6, 6.07) is 18.3. The minimum atomic E-state index is -0.275. The number of carbonyl (C=O) groups is 1. The quantitative estimate of drug-likeness (QED) is 0.516. The predicted octanol–water partition coefficient (Wildman–Crippen LogP) is 4.71. The Morgan fingerprint density at radius 3 is 2.56 bits per heavy atom. The fourth-order valence-corrected chi connectivity index (χ4v) is 2.79. The van der Waals surface area contributed by atoms with E-state index in [-0.39, 0.29) is 23.6 Å². The lowest BCUT2D eigenvalue weighted by Crippen LogP contribution is -2.07. The van der Waals surface area contributed by atoms with Gasteiger partial charge in [-0.3, -0.25) is 9.59 Å². The zero-order chi connectivity index (χ0) is 18.8. The smallest absolute Gasteiger partial charge is 0.235 e. The van der Waals surface area contributed by atoms with Crippen molar-refractivity contribution in [3.05, 3.63) is 77.2 Å². The Kier molecular flexibility index (Phi) is 4.34. The van der Waals surface area contributed by atoms with Crippen LogP contribution in [0.25, 0.3) is 21.7 Å². The van der Waals surface area contributed by atoms with Crippen LogP contribution in [0.3, 0.4) is 0 Å². The molecule has 0 aliphatic heterocycles. The first-order chi connectivity index (χ1) is 13.1. The summed E-state index contributed by atoms with van der Waals surface area (Å²) in [5, 5.41) is 2.49. The molecule has 0 bridgehead atoms. The number of fused-ring (bicyclic) bond motifs is 2. The average Bonchev–Trinajstić information content (AvgIpc) is 2.68. The van der Waals surface area contributed by atoms with E-state index in [0.717, 1.165) is 10.8 Å². The summed E-state index contributed by atoms with van der Waals surface area (Å²) in [6.07, 6.45) is 1.29. The monoisotopic (exact) mass is 360 g/mol. The van der Waals surface area contributed by atoms with Crippen LogP contribution < -0.4 is 14.9 Å². The Balaban J connectivity index is 1.65. The molecule has 0 N–H and O–H groups in total. The Labute approximate surface area is 154 Å². The molecule has 5 heteroatoms. The molecule has 0 aliphatic carbocycles. The second-order valence-corrected chi connectivity index (χ2v) is 6.19. The van der Waals surface area contributed by atoms with E-state index < -0.39 is 0 Å². The summed E-state index contributed by atoms with van der Waals surface area (Å²) in [7, 11) is 0. The molecule has 4 aromatic rings.